The minimum absolute atomic E-state index is 0.180. The van der Waals surface area contributed by atoms with Crippen LogP contribution in [0.25, 0.3) is 0 Å². The normalized spacial score (nSPS) is 22.1. The van der Waals surface area contributed by atoms with E-state index in [9.17, 15) is 9.59 Å². The van der Waals surface area contributed by atoms with Crippen LogP contribution in [0.3, 0.4) is 0 Å². The maximum atomic E-state index is 13.8. The highest BCUT2D eigenvalue weighted by Crippen LogP contribution is 2.61. The summed E-state index contributed by atoms with van der Waals surface area (Å²) in [6.07, 6.45) is 1.46. The van der Waals surface area contributed by atoms with Gasteiger partial charge in [0.2, 0.25) is 0 Å². The van der Waals surface area contributed by atoms with Gasteiger partial charge in [0.25, 0.3) is 11.8 Å². The van der Waals surface area contributed by atoms with Gasteiger partial charge >= 0.3 is 0 Å². The van der Waals surface area contributed by atoms with E-state index in [0.29, 0.717) is 27.1 Å². The number of hydrogen-bond donors (Lipinski definition) is 0. The zero-order chi connectivity index (χ0) is 28.2. The van der Waals surface area contributed by atoms with Gasteiger partial charge in [-0.3, -0.25) is 9.59 Å². The highest BCUT2D eigenvalue weighted by molar-refractivity contribution is 6.32. The Kier molecular flexibility index (Phi) is 6.33. The second kappa shape index (κ2) is 10.1. The molecule has 8 rings (SSSR count). The molecule has 2 bridgehead atoms. The standard InChI is InChI=1S/C33H24Cl2N2O4/c1-40-26-15-19(14-25(35)31(26)41-17-18-10-12-20(34)13-11-18)16-36-37-32(38)29-27-21-6-2-3-7-22(21)28(30(29)33(37)39)24-9-5-4-8-23(24)27/h2-16,27-30H,17H2,1H3/b36-16+. The molecule has 0 radical (unpaired) electrons. The van der Waals surface area contributed by atoms with Crippen molar-refractivity contribution in [3.8, 4) is 11.5 Å². The average molecular weight is 583 g/mol. The van der Waals surface area contributed by atoms with Crippen LogP contribution in [0.1, 0.15) is 45.2 Å². The fourth-order valence-corrected chi connectivity index (χ4v) is 6.99. The zero-order valence-electron chi connectivity index (χ0n) is 22.0. The van der Waals surface area contributed by atoms with Crippen molar-refractivity contribution in [2.75, 3.05) is 7.11 Å². The lowest BCUT2D eigenvalue weighted by Gasteiger charge is -2.45. The first-order chi connectivity index (χ1) is 20.0. The predicted octanol–water partition coefficient (Wildman–Crippen LogP) is 6.81. The second-order valence-electron chi connectivity index (χ2n) is 10.4. The van der Waals surface area contributed by atoms with E-state index in [-0.39, 0.29) is 30.3 Å². The van der Waals surface area contributed by atoms with E-state index in [4.69, 9.17) is 32.7 Å². The van der Waals surface area contributed by atoms with Crippen LogP contribution in [0, 0.1) is 11.8 Å². The number of nitrogens with zero attached hydrogens (tertiary/aromatic N) is 2. The van der Waals surface area contributed by atoms with Gasteiger partial charge in [-0.05, 0) is 57.6 Å². The molecule has 0 saturated carbocycles. The molecule has 0 N–H and O–H groups in total. The quantitative estimate of drug-likeness (QED) is 0.185. The fraction of sp³-hybridized carbons (Fsp3) is 0.182. The summed E-state index contributed by atoms with van der Waals surface area (Å²) in [5.41, 5.74) is 5.97. The Labute approximate surface area is 247 Å². The third kappa shape index (κ3) is 4.13. The van der Waals surface area contributed by atoms with Crippen LogP contribution in [0.4, 0.5) is 0 Å². The number of rotatable bonds is 6. The molecular formula is C33H24Cl2N2O4. The number of halogens is 2. The molecule has 2 atom stereocenters. The van der Waals surface area contributed by atoms with Crippen molar-refractivity contribution in [1.82, 2.24) is 5.01 Å². The number of carbonyl (C=O) groups excluding carboxylic acids is 2. The number of hydrogen-bond acceptors (Lipinski definition) is 5. The Morgan fingerprint density at radius 2 is 1.34 bits per heavy atom. The molecule has 4 aliphatic rings. The number of methoxy groups -OCH3 is 1. The van der Waals surface area contributed by atoms with E-state index < -0.39 is 11.8 Å². The van der Waals surface area contributed by atoms with Crippen molar-refractivity contribution in [2.24, 2.45) is 16.9 Å². The van der Waals surface area contributed by atoms with Crippen LogP contribution in [0.15, 0.2) is 90.0 Å². The highest BCUT2D eigenvalue weighted by Gasteiger charge is 2.61. The summed E-state index contributed by atoms with van der Waals surface area (Å²) in [6, 6.07) is 27.0. The van der Waals surface area contributed by atoms with Crippen molar-refractivity contribution < 1.29 is 19.1 Å². The topological polar surface area (TPSA) is 68.2 Å². The summed E-state index contributed by atoms with van der Waals surface area (Å²) in [4.78, 5) is 27.6. The second-order valence-corrected chi connectivity index (χ2v) is 11.3. The van der Waals surface area contributed by atoms with Crippen LogP contribution in [-0.2, 0) is 16.2 Å². The Morgan fingerprint density at radius 3 is 1.85 bits per heavy atom. The van der Waals surface area contributed by atoms with Gasteiger partial charge in [0.05, 0.1) is 30.2 Å². The molecule has 2 amide bonds. The molecule has 1 heterocycles. The van der Waals surface area contributed by atoms with Gasteiger partial charge < -0.3 is 9.47 Å². The number of amides is 2. The SMILES string of the molecule is COc1cc(/C=N/N2C(=O)C3C4c5ccccc5C(c5ccccc54)C3C2=O)cc(Cl)c1OCc1ccc(Cl)cc1. The maximum Gasteiger partial charge on any atom is 0.254 e. The van der Waals surface area contributed by atoms with Gasteiger partial charge in [-0.1, -0.05) is 83.9 Å². The minimum atomic E-state index is -0.490. The number of carbonyl (C=O) groups is 2. The first-order valence-corrected chi connectivity index (χ1v) is 14.1. The molecule has 204 valence electrons. The van der Waals surface area contributed by atoms with E-state index >= 15 is 0 Å². The van der Waals surface area contributed by atoms with Crippen molar-refractivity contribution >= 4 is 41.2 Å². The van der Waals surface area contributed by atoms with Crippen LogP contribution in [0.5, 0.6) is 11.5 Å². The molecule has 2 unspecified atom stereocenters. The average Bonchev–Trinajstić information content (AvgIpc) is 3.25. The third-order valence-corrected chi connectivity index (χ3v) is 8.83. The largest absolute Gasteiger partial charge is 0.493 e. The first-order valence-electron chi connectivity index (χ1n) is 13.3. The minimum Gasteiger partial charge on any atom is -0.493 e. The van der Waals surface area contributed by atoms with Gasteiger partial charge in [-0.25, -0.2) is 0 Å². The van der Waals surface area contributed by atoms with Gasteiger partial charge in [-0.15, -0.1) is 0 Å². The molecule has 4 aromatic rings. The van der Waals surface area contributed by atoms with Crippen molar-refractivity contribution in [1.29, 1.82) is 0 Å². The molecule has 0 spiro atoms. The molecule has 1 fully saturated rings. The number of hydrazone groups is 1. The number of imide groups is 1. The van der Waals surface area contributed by atoms with E-state index in [0.717, 1.165) is 32.8 Å². The molecular weight excluding hydrogens is 559 g/mol. The van der Waals surface area contributed by atoms with E-state index in [1.807, 2.05) is 36.4 Å². The molecule has 4 aromatic carbocycles. The summed E-state index contributed by atoms with van der Waals surface area (Å²) in [5, 5.41) is 6.39. The third-order valence-electron chi connectivity index (χ3n) is 8.30. The molecule has 3 aliphatic carbocycles. The molecule has 1 aliphatic heterocycles. The summed E-state index contributed by atoms with van der Waals surface area (Å²) in [7, 11) is 1.52. The number of benzene rings is 4. The van der Waals surface area contributed by atoms with Crippen LogP contribution in [-0.4, -0.2) is 30.1 Å². The summed E-state index contributed by atoms with van der Waals surface area (Å²) >= 11 is 12.5. The Balaban J connectivity index is 1.17. The van der Waals surface area contributed by atoms with Gasteiger partial charge in [-0.2, -0.15) is 10.1 Å². The van der Waals surface area contributed by atoms with Crippen LogP contribution >= 0.6 is 23.2 Å². The predicted molar refractivity (Wildman–Crippen MR) is 157 cm³/mol. The zero-order valence-corrected chi connectivity index (χ0v) is 23.5. The first kappa shape index (κ1) is 25.8. The van der Waals surface area contributed by atoms with E-state index in [1.165, 1.54) is 13.3 Å². The summed E-state index contributed by atoms with van der Waals surface area (Å²) < 4.78 is 11.5. The lowest BCUT2D eigenvalue weighted by Crippen LogP contribution is -2.41. The fourth-order valence-electron chi connectivity index (χ4n) is 6.59. The van der Waals surface area contributed by atoms with E-state index in [2.05, 4.69) is 29.4 Å². The van der Waals surface area contributed by atoms with Gasteiger partial charge in [0.15, 0.2) is 11.5 Å². The lowest BCUT2D eigenvalue weighted by molar-refractivity contribution is -0.139. The van der Waals surface area contributed by atoms with Gasteiger partial charge in [0, 0.05) is 16.9 Å². The molecule has 6 nitrogen and oxygen atoms in total. The highest BCUT2D eigenvalue weighted by atomic mass is 35.5. The Bertz CT molecular complexity index is 1620. The van der Waals surface area contributed by atoms with E-state index in [1.54, 1.807) is 24.3 Å². The van der Waals surface area contributed by atoms with Crippen molar-refractivity contribution in [3.63, 3.8) is 0 Å². The molecule has 41 heavy (non-hydrogen) atoms. The lowest BCUT2D eigenvalue weighted by atomic mass is 9.55. The Morgan fingerprint density at radius 1 is 0.805 bits per heavy atom. The number of ether oxygens (including phenoxy) is 2. The van der Waals surface area contributed by atoms with Crippen LogP contribution < -0.4 is 9.47 Å². The van der Waals surface area contributed by atoms with Gasteiger partial charge in [0.1, 0.15) is 6.61 Å². The Hall–Kier alpha value is -4.13. The monoisotopic (exact) mass is 582 g/mol. The molecule has 8 heteroatoms. The summed E-state index contributed by atoms with van der Waals surface area (Å²) in [5.74, 6) is -1.11. The van der Waals surface area contributed by atoms with Crippen molar-refractivity contribution in [3.05, 3.63) is 128 Å². The molecule has 0 aromatic heterocycles. The molecule has 1 saturated heterocycles. The summed E-state index contributed by atoms with van der Waals surface area (Å²) in [6.45, 7) is 0.271. The maximum absolute atomic E-state index is 13.8. The smallest absolute Gasteiger partial charge is 0.254 e. The van der Waals surface area contributed by atoms with Crippen molar-refractivity contribution in [2.45, 2.75) is 18.4 Å². The van der Waals surface area contributed by atoms with Crippen LogP contribution in [0.2, 0.25) is 10.0 Å².